The van der Waals surface area contributed by atoms with Gasteiger partial charge >= 0.3 is 0 Å². The van der Waals surface area contributed by atoms with E-state index in [1.165, 1.54) is 0 Å². The lowest BCUT2D eigenvalue weighted by Crippen LogP contribution is -1.96. The molecule has 1 heterocycles. The zero-order valence-corrected chi connectivity index (χ0v) is 12.7. The average Bonchev–Trinajstić information content (AvgIpc) is 2.83. The number of hydrogen-bond acceptors (Lipinski definition) is 2. The molecule has 2 N–H and O–H groups in total. The van der Waals surface area contributed by atoms with Gasteiger partial charge in [-0.25, -0.2) is 4.98 Å². The third-order valence-electron chi connectivity index (χ3n) is 2.65. The van der Waals surface area contributed by atoms with Crippen molar-refractivity contribution in [1.82, 2.24) is 9.97 Å². The van der Waals surface area contributed by atoms with Gasteiger partial charge in [-0.05, 0) is 41.4 Å². The van der Waals surface area contributed by atoms with Crippen LogP contribution in [0.1, 0.15) is 19.2 Å². The molecule has 0 bridgehead atoms. The van der Waals surface area contributed by atoms with Crippen molar-refractivity contribution in [1.29, 1.82) is 0 Å². The van der Waals surface area contributed by atoms with Gasteiger partial charge in [-0.3, -0.25) is 4.99 Å². The molecule has 0 aliphatic carbocycles. The number of nitrogens with one attached hydrogen (secondary N) is 2. The number of halogens is 1. The summed E-state index contributed by atoms with van der Waals surface area (Å²) in [6.07, 6.45) is 4.63. The summed E-state index contributed by atoms with van der Waals surface area (Å²) < 4.78 is 1.00. The van der Waals surface area contributed by atoms with E-state index in [2.05, 4.69) is 49.2 Å². The number of hydrogen-bond donors (Lipinski definition) is 2. The van der Waals surface area contributed by atoms with Crippen LogP contribution in [-0.4, -0.2) is 22.9 Å². The van der Waals surface area contributed by atoms with E-state index in [0.717, 1.165) is 40.2 Å². The number of anilines is 1. The Bertz CT molecular complexity index is 575. The second-order valence-electron chi connectivity index (χ2n) is 4.26. The molecule has 2 aromatic rings. The quantitative estimate of drug-likeness (QED) is 0.646. The number of H-pyrrole nitrogens is 1. The predicted molar refractivity (Wildman–Crippen MR) is 83.7 cm³/mol. The molecule has 0 atom stereocenters. The lowest BCUT2D eigenvalue weighted by Gasteiger charge is -2.06. The third kappa shape index (κ3) is 3.67. The highest BCUT2D eigenvalue weighted by atomic mass is 79.9. The number of aryl methyl sites for hydroxylation is 1. The van der Waals surface area contributed by atoms with Crippen molar-refractivity contribution in [2.45, 2.75) is 20.3 Å². The van der Waals surface area contributed by atoms with Gasteiger partial charge in [0.25, 0.3) is 0 Å². The van der Waals surface area contributed by atoms with Crippen LogP contribution in [0, 0.1) is 6.92 Å². The topological polar surface area (TPSA) is 53.1 Å². The Hall–Kier alpha value is -1.62. The van der Waals surface area contributed by atoms with Gasteiger partial charge in [0.2, 0.25) is 0 Å². The molecule has 0 unspecified atom stereocenters. The Labute approximate surface area is 121 Å². The number of aromatic amines is 1. The van der Waals surface area contributed by atoms with Gasteiger partial charge in [0, 0.05) is 16.6 Å². The normalized spacial score (nSPS) is 11.1. The van der Waals surface area contributed by atoms with Crippen LogP contribution in [-0.2, 0) is 0 Å². The lowest BCUT2D eigenvalue weighted by molar-refractivity contribution is 0.936. The van der Waals surface area contributed by atoms with Crippen LogP contribution in [0.15, 0.2) is 33.9 Å². The molecular formula is C14H17BrN4. The van der Waals surface area contributed by atoms with Crippen molar-refractivity contribution < 1.29 is 0 Å². The van der Waals surface area contributed by atoms with E-state index in [1.807, 2.05) is 25.3 Å². The first-order valence-corrected chi connectivity index (χ1v) is 7.06. The SMILES string of the molecule is CCCN=CNc1ccc(-c2cnc(C)[nH]2)cc1Br. The Morgan fingerprint density at radius 2 is 2.32 bits per heavy atom. The third-order valence-corrected chi connectivity index (χ3v) is 3.30. The monoisotopic (exact) mass is 320 g/mol. The fourth-order valence-electron chi connectivity index (χ4n) is 1.68. The molecule has 0 amide bonds. The largest absolute Gasteiger partial charge is 0.346 e. The van der Waals surface area contributed by atoms with Crippen molar-refractivity contribution in [2.24, 2.45) is 4.99 Å². The minimum atomic E-state index is 0.843. The van der Waals surface area contributed by atoms with E-state index < -0.39 is 0 Å². The molecule has 0 spiro atoms. The van der Waals surface area contributed by atoms with Crippen molar-refractivity contribution >= 4 is 28.0 Å². The molecule has 1 aromatic heterocycles. The highest BCUT2D eigenvalue weighted by Crippen LogP contribution is 2.28. The molecule has 0 aliphatic heterocycles. The van der Waals surface area contributed by atoms with Crippen LogP contribution in [0.2, 0.25) is 0 Å². The predicted octanol–water partition coefficient (Wildman–Crippen LogP) is 4.00. The second-order valence-corrected chi connectivity index (χ2v) is 5.11. The zero-order valence-electron chi connectivity index (χ0n) is 11.1. The summed E-state index contributed by atoms with van der Waals surface area (Å²) in [6.45, 7) is 4.89. The van der Waals surface area contributed by atoms with E-state index in [4.69, 9.17) is 0 Å². The molecule has 5 heteroatoms. The summed E-state index contributed by atoms with van der Waals surface area (Å²) in [4.78, 5) is 11.7. The lowest BCUT2D eigenvalue weighted by atomic mass is 10.1. The summed E-state index contributed by atoms with van der Waals surface area (Å²) in [5.74, 6) is 0.917. The van der Waals surface area contributed by atoms with Crippen LogP contribution in [0.25, 0.3) is 11.3 Å². The van der Waals surface area contributed by atoms with E-state index in [1.54, 1.807) is 6.34 Å². The van der Waals surface area contributed by atoms with Gasteiger partial charge in [-0.15, -0.1) is 0 Å². The Kier molecular flexibility index (Phi) is 4.74. The minimum Gasteiger partial charge on any atom is -0.346 e. The second kappa shape index (κ2) is 6.52. The van der Waals surface area contributed by atoms with E-state index in [-0.39, 0.29) is 0 Å². The molecular weight excluding hydrogens is 304 g/mol. The Morgan fingerprint density at radius 3 is 2.95 bits per heavy atom. The van der Waals surface area contributed by atoms with Crippen molar-refractivity contribution in [3.8, 4) is 11.3 Å². The number of aromatic nitrogens is 2. The highest BCUT2D eigenvalue weighted by Gasteiger charge is 2.04. The zero-order chi connectivity index (χ0) is 13.7. The summed E-state index contributed by atoms with van der Waals surface area (Å²) in [5, 5.41) is 3.17. The van der Waals surface area contributed by atoms with E-state index in [9.17, 15) is 0 Å². The number of rotatable bonds is 5. The maximum absolute atomic E-state index is 4.24. The first kappa shape index (κ1) is 13.8. The number of aliphatic imine (C=N–C) groups is 1. The van der Waals surface area contributed by atoms with Crippen molar-refractivity contribution in [3.05, 3.63) is 34.7 Å². The molecule has 4 nitrogen and oxygen atoms in total. The molecule has 19 heavy (non-hydrogen) atoms. The van der Waals surface area contributed by atoms with Crippen molar-refractivity contribution in [3.63, 3.8) is 0 Å². The van der Waals surface area contributed by atoms with Gasteiger partial charge in [-0.2, -0.15) is 0 Å². The van der Waals surface area contributed by atoms with Crippen LogP contribution >= 0.6 is 15.9 Å². The summed E-state index contributed by atoms with van der Waals surface area (Å²) in [6, 6.07) is 6.13. The molecule has 0 radical (unpaired) electrons. The highest BCUT2D eigenvalue weighted by molar-refractivity contribution is 9.10. The van der Waals surface area contributed by atoms with Gasteiger partial charge in [0.15, 0.2) is 0 Å². The molecule has 0 aliphatic rings. The summed E-state index contributed by atoms with van der Waals surface area (Å²) in [7, 11) is 0. The number of imidazole rings is 1. The van der Waals surface area contributed by atoms with Crippen LogP contribution in [0.5, 0.6) is 0 Å². The average molecular weight is 321 g/mol. The van der Waals surface area contributed by atoms with Crippen molar-refractivity contribution in [2.75, 3.05) is 11.9 Å². The number of benzene rings is 1. The Morgan fingerprint density at radius 1 is 1.47 bits per heavy atom. The van der Waals surface area contributed by atoms with Crippen LogP contribution in [0.3, 0.4) is 0 Å². The molecule has 100 valence electrons. The summed E-state index contributed by atoms with van der Waals surface area (Å²) in [5.41, 5.74) is 3.12. The van der Waals surface area contributed by atoms with Gasteiger partial charge in [0.05, 0.1) is 23.9 Å². The number of nitrogens with zero attached hydrogens (tertiary/aromatic N) is 2. The maximum atomic E-state index is 4.24. The maximum Gasteiger partial charge on any atom is 0.103 e. The Balaban J connectivity index is 2.13. The molecule has 1 aromatic carbocycles. The fraction of sp³-hybridized carbons (Fsp3) is 0.286. The van der Waals surface area contributed by atoms with E-state index >= 15 is 0 Å². The first-order chi connectivity index (χ1) is 9.20. The van der Waals surface area contributed by atoms with Gasteiger partial charge in [-0.1, -0.05) is 13.0 Å². The van der Waals surface area contributed by atoms with E-state index in [0.29, 0.717) is 0 Å². The first-order valence-electron chi connectivity index (χ1n) is 6.27. The molecule has 0 saturated carbocycles. The van der Waals surface area contributed by atoms with Gasteiger partial charge in [0.1, 0.15) is 5.82 Å². The fourth-order valence-corrected chi connectivity index (χ4v) is 2.17. The smallest absolute Gasteiger partial charge is 0.103 e. The minimum absolute atomic E-state index is 0.843. The molecule has 0 fully saturated rings. The van der Waals surface area contributed by atoms with Crippen LogP contribution < -0.4 is 5.32 Å². The van der Waals surface area contributed by atoms with Crippen LogP contribution in [0.4, 0.5) is 5.69 Å². The summed E-state index contributed by atoms with van der Waals surface area (Å²) >= 11 is 3.56. The van der Waals surface area contributed by atoms with Gasteiger partial charge < -0.3 is 10.3 Å². The standard InChI is InChI=1S/C14H17BrN4/c1-3-6-16-9-18-13-5-4-11(7-12(13)15)14-8-17-10(2)19-14/h4-5,7-9H,3,6H2,1-2H3,(H,16,18)(H,17,19). The molecule has 2 rings (SSSR count). The molecule has 0 saturated heterocycles.